The Morgan fingerprint density at radius 1 is 1.32 bits per heavy atom. The van der Waals surface area contributed by atoms with Gasteiger partial charge in [-0.15, -0.1) is 0 Å². The van der Waals surface area contributed by atoms with Crippen LogP contribution >= 0.6 is 0 Å². The highest BCUT2D eigenvalue weighted by Crippen LogP contribution is 2.31. The number of aryl methyl sites for hydroxylation is 1. The fourth-order valence-corrected chi connectivity index (χ4v) is 3.17. The maximum absolute atomic E-state index is 13.5. The number of sulfonamides is 1. The van der Waals surface area contributed by atoms with Crippen LogP contribution in [0.5, 0.6) is 0 Å². The predicted octanol–water partition coefficient (Wildman–Crippen LogP) is 1.47. The molecule has 0 saturated heterocycles. The van der Waals surface area contributed by atoms with Crippen LogP contribution in [0.4, 0.5) is 8.78 Å². The van der Waals surface area contributed by atoms with E-state index in [2.05, 4.69) is 4.72 Å². The molecule has 0 aliphatic heterocycles. The summed E-state index contributed by atoms with van der Waals surface area (Å²) in [5.41, 5.74) is -0.998. The van der Waals surface area contributed by atoms with E-state index in [1.165, 1.54) is 6.92 Å². The van der Waals surface area contributed by atoms with Gasteiger partial charge in [0.05, 0.1) is 5.60 Å². The summed E-state index contributed by atoms with van der Waals surface area (Å²) in [6, 6.07) is 1.49. The average Bonchev–Trinajstić information content (AvgIpc) is 2.28. The molecule has 1 fully saturated rings. The Kier molecular flexibility index (Phi) is 3.63. The zero-order valence-corrected chi connectivity index (χ0v) is 11.2. The molecule has 0 amide bonds. The summed E-state index contributed by atoms with van der Waals surface area (Å²) in [7, 11) is -4.09. The molecule has 0 unspecified atom stereocenters. The van der Waals surface area contributed by atoms with Crippen molar-refractivity contribution in [2.45, 2.75) is 36.7 Å². The zero-order chi connectivity index (χ0) is 14.3. The lowest BCUT2D eigenvalue weighted by atomic mass is 9.81. The van der Waals surface area contributed by atoms with Crippen molar-refractivity contribution in [2.75, 3.05) is 6.54 Å². The highest BCUT2D eigenvalue weighted by atomic mass is 32.2. The molecule has 0 heterocycles. The molecule has 2 rings (SSSR count). The van der Waals surface area contributed by atoms with Gasteiger partial charge in [0.1, 0.15) is 16.5 Å². The molecule has 0 radical (unpaired) electrons. The van der Waals surface area contributed by atoms with E-state index in [1.807, 2.05) is 0 Å². The summed E-state index contributed by atoms with van der Waals surface area (Å²) >= 11 is 0. The van der Waals surface area contributed by atoms with E-state index in [-0.39, 0.29) is 12.1 Å². The van der Waals surface area contributed by atoms with Crippen molar-refractivity contribution in [3.8, 4) is 0 Å². The molecule has 0 spiro atoms. The fourth-order valence-electron chi connectivity index (χ4n) is 1.91. The van der Waals surface area contributed by atoms with Gasteiger partial charge >= 0.3 is 0 Å². The SMILES string of the molecule is Cc1cc(S(=O)(=O)NCC2(O)CCC2)c(F)cc1F. The topological polar surface area (TPSA) is 66.4 Å². The third-order valence-electron chi connectivity index (χ3n) is 3.38. The first-order valence-corrected chi connectivity index (χ1v) is 7.40. The van der Waals surface area contributed by atoms with Gasteiger partial charge in [0.25, 0.3) is 0 Å². The second-order valence-electron chi connectivity index (χ2n) is 4.93. The van der Waals surface area contributed by atoms with E-state index in [9.17, 15) is 22.3 Å². The van der Waals surface area contributed by atoms with Crippen LogP contribution in [-0.4, -0.2) is 25.7 Å². The molecule has 1 aliphatic rings. The van der Waals surface area contributed by atoms with Crippen molar-refractivity contribution in [2.24, 2.45) is 0 Å². The van der Waals surface area contributed by atoms with Gasteiger partial charge in [-0.2, -0.15) is 0 Å². The van der Waals surface area contributed by atoms with E-state index >= 15 is 0 Å². The first kappa shape index (κ1) is 14.4. The lowest BCUT2D eigenvalue weighted by Gasteiger charge is -2.36. The van der Waals surface area contributed by atoms with Crippen molar-refractivity contribution in [3.05, 3.63) is 29.3 Å². The van der Waals surface area contributed by atoms with Gasteiger partial charge in [0, 0.05) is 12.6 Å². The molecule has 7 heteroatoms. The van der Waals surface area contributed by atoms with Crippen LogP contribution in [0.2, 0.25) is 0 Å². The quantitative estimate of drug-likeness (QED) is 0.882. The first-order valence-electron chi connectivity index (χ1n) is 5.91. The highest BCUT2D eigenvalue weighted by Gasteiger charge is 2.36. The predicted molar refractivity (Wildman–Crippen MR) is 65.1 cm³/mol. The van der Waals surface area contributed by atoms with Crippen molar-refractivity contribution in [3.63, 3.8) is 0 Å². The summed E-state index contributed by atoms with van der Waals surface area (Å²) in [5.74, 6) is -1.94. The highest BCUT2D eigenvalue weighted by molar-refractivity contribution is 7.89. The van der Waals surface area contributed by atoms with Gasteiger partial charge in [0.2, 0.25) is 10.0 Å². The summed E-state index contributed by atoms with van der Waals surface area (Å²) in [6.07, 6.45) is 1.86. The van der Waals surface area contributed by atoms with E-state index in [4.69, 9.17) is 0 Å². The van der Waals surface area contributed by atoms with Crippen LogP contribution in [0.1, 0.15) is 24.8 Å². The number of aliphatic hydroxyl groups is 1. The molecule has 0 aromatic heterocycles. The van der Waals surface area contributed by atoms with Crippen LogP contribution in [-0.2, 0) is 10.0 Å². The lowest BCUT2D eigenvalue weighted by molar-refractivity contribution is -0.0271. The molecule has 1 aromatic rings. The van der Waals surface area contributed by atoms with Crippen LogP contribution in [0.15, 0.2) is 17.0 Å². The standard InChI is InChI=1S/C12H15F2NO3S/c1-8-5-11(10(14)6-9(8)13)19(17,18)15-7-12(16)3-2-4-12/h5-6,15-16H,2-4,7H2,1H3. The molecule has 0 atom stereocenters. The third kappa shape index (κ3) is 2.93. The van der Waals surface area contributed by atoms with Crippen LogP contribution in [0.25, 0.3) is 0 Å². The fraction of sp³-hybridized carbons (Fsp3) is 0.500. The molecular weight excluding hydrogens is 276 g/mol. The molecular formula is C12H15F2NO3S. The maximum atomic E-state index is 13.5. The Labute approximate surface area is 110 Å². The van der Waals surface area contributed by atoms with E-state index in [0.717, 1.165) is 12.5 Å². The second kappa shape index (κ2) is 4.81. The smallest absolute Gasteiger partial charge is 0.243 e. The van der Waals surface area contributed by atoms with Gasteiger partial charge in [-0.05, 0) is 37.8 Å². The number of rotatable bonds is 4. The number of benzene rings is 1. The first-order chi connectivity index (χ1) is 8.73. The van der Waals surface area contributed by atoms with Crippen molar-refractivity contribution >= 4 is 10.0 Å². The van der Waals surface area contributed by atoms with Crippen LogP contribution in [0.3, 0.4) is 0 Å². The number of hydrogen-bond donors (Lipinski definition) is 2. The van der Waals surface area contributed by atoms with Gasteiger partial charge in [0.15, 0.2) is 0 Å². The van der Waals surface area contributed by atoms with Gasteiger partial charge in [-0.25, -0.2) is 21.9 Å². The maximum Gasteiger partial charge on any atom is 0.243 e. The van der Waals surface area contributed by atoms with Gasteiger partial charge in [-0.3, -0.25) is 0 Å². The normalized spacial score (nSPS) is 18.1. The minimum Gasteiger partial charge on any atom is -0.389 e. The minimum absolute atomic E-state index is 0.0455. The van der Waals surface area contributed by atoms with Gasteiger partial charge < -0.3 is 5.11 Å². The Morgan fingerprint density at radius 2 is 1.95 bits per heavy atom. The Morgan fingerprint density at radius 3 is 2.47 bits per heavy atom. The number of hydrogen-bond acceptors (Lipinski definition) is 3. The molecule has 2 N–H and O–H groups in total. The molecule has 1 saturated carbocycles. The molecule has 0 bridgehead atoms. The average molecular weight is 291 g/mol. The molecule has 106 valence electrons. The zero-order valence-electron chi connectivity index (χ0n) is 10.4. The van der Waals surface area contributed by atoms with E-state index in [1.54, 1.807) is 0 Å². The summed E-state index contributed by atoms with van der Waals surface area (Å²) < 4.78 is 52.6. The molecule has 1 aliphatic carbocycles. The van der Waals surface area contributed by atoms with Crippen LogP contribution < -0.4 is 4.72 Å². The molecule has 19 heavy (non-hydrogen) atoms. The number of nitrogens with one attached hydrogen (secondary N) is 1. The van der Waals surface area contributed by atoms with Gasteiger partial charge in [-0.1, -0.05) is 0 Å². The summed E-state index contributed by atoms with van der Waals surface area (Å²) in [5, 5.41) is 9.81. The van der Waals surface area contributed by atoms with E-state index < -0.39 is 32.2 Å². The van der Waals surface area contributed by atoms with Crippen molar-refractivity contribution in [1.82, 2.24) is 4.72 Å². The largest absolute Gasteiger partial charge is 0.389 e. The monoisotopic (exact) mass is 291 g/mol. The molecule has 1 aromatic carbocycles. The Hall–Kier alpha value is -1.05. The second-order valence-corrected chi connectivity index (χ2v) is 6.67. The Balaban J connectivity index is 2.22. The minimum atomic E-state index is -4.09. The Bertz CT molecular complexity index is 597. The van der Waals surface area contributed by atoms with Crippen molar-refractivity contribution < 1.29 is 22.3 Å². The summed E-state index contributed by atoms with van der Waals surface area (Å²) in [4.78, 5) is -0.602. The lowest BCUT2D eigenvalue weighted by Crippen LogP contribution is -2.47. The number of halogens is 2. The molecule has 4 nitrogen and oxygen atoms in total. The van der Waals surface area contributed by atoms with Crippen molar-refractivity contribution in [1.29, 1.82) is 0 Å². The summed E-state index contributed by atoms with van der Waals surface area (Å²) in [6.45, 7) is 1.19. The van der Waals surface area contributed by atoms with E-state index in [0.29, 0.717) is 18.9 Å². The van der Waals surface area contributed by atoms with Crippen LogP contribution in [0, 0.1) is 18.6 Å². The third-order valence-corrected chi connectivity index (χ3v) is 4.79.